The van der Waals surface area contributed by atoms with E-state index in [0.717, 1.165) is 6.54 Å². The van der Waals surface area contributed by atoms with Gasteiger partial charge in [0.05, 0.1) is 26.4 Å². The molecule has 76 valence electrons. The van der Waals surface area contributed by atoms with Crippen molar-refractivity contribution in [2.45, 2.75) is 6.10 Å². The average molecular weight is 188 g/mol. The standard InChI is InChI=1S/C8H16N2O3/c1-12-8(11)6-10-2-3-13-7(4-9)5-10/h7H,2-6,9H2,1H3. The molecule has 1 unspecified atom stereocenters. The Balaban J connectivity index is 2.29. The van der Waals surface area contributed by atoms with E-state index in [4.69, 9.17) is 10.5 Å². The molecule has 1 saturated heterocycles. The van der Waals surface area contributed by atoms with E-state index in [1.165, 1.54) is 7.11 Å². The Hall–Kier alpha value is -0.650. The molecule has 13 heavy (non-hydrogen) atoms. The number of nitrogens with two attached hydrogens (primary N) is 1. The molecular weight excluding hydrogens is 172 g/mol. The van der Waals surface area contributed by atoms with Crippen LogP contribution in [-0.4, -0.2) is 56.9 Å². The summed E-state index contributed by atoms with van der Waals surface area (Å²) in [5.41, 5.74) is 5.46. The Labute approximate surface area is 77.8 Å². The summed E-state index contributed by atoms with van der Waals surface area (Å²) in [5, 5.41) is 0. The number of morpholine rings is 1. The monoisotopic (exact) mass is 188 g/mol. The van der Waals surface area contributed by atoms with Gasteiger partial charge >= 0.3 is 5.97 Å². The Morgan fingerprint density at radius 2 is 2.54 bits per heavy atom. The number of ether oxygens (including phenoxy) is 2. The Morgan fingerprint density at radius 1 is 1.77 bits per heavy atom. The van der Waals surface area contributed by atoms with Crippen LogP contribution in [0.2, 0.25) is 0 Å². The first-order valence-corrected chi connectivity index (χ1v) is 4.37. The summed E-state index contributed by atoms with van der Waals surface area (Å²) in [5.74, 6) is -0.210. The molecule has 1 fully saturated rings. The SMILES string of the molecule is COC(=O)CN1CCOC(CN)C1. The van der Waals surface area contributed by atoms with Crippen LogP contribution in [0.5, 0.6) is 0 Å². The Bertz CT molecular complexity index is 175. The molecule has 0 spiro atoms. The van der Waals surface area contributed by atoms with Crippen molar-refractivity contribution in [3.05, 3.63) is 0 Å². The molecule has 5 nitrogen and oxygen atoms in total. The van der Waals surface area contributed by atoms with Gasteiger partial charge < -0.3 is 15.2 Å². The molecule has 1 aliphatic heterocycles. The van der Waals surface area contributed by atoms with Gasteiger partial charge in [0, 0.05) is 19.6 Å². The van der Waals surface area contributed by atoms with Crippen molar-refractivity contribution in [3.63, 3.8) is 0 Å². The van der Waals surface area contributed by atoms with Gasteiger partial charge in [-0.2, -0.15) is 0 Å². The summed E-state index contributed by atoms with van der Waals surface area (Å²) in [7, 11) is 1.39. The molecule has 5 heteroatoms. The molecule has 0 aromatic carbocycles. The third kappa shape index (κ3) is 3.30. The zero-order valence-corrected chi connectivity index (χ0v) is 7.86. The molecule has 1 atom stereocenters. The second-order valence-corrected chi connectivity index (χ2v) is 3.04. The smallest absolute Gasteiger partial charge is 0.319 e. The quantitative estimate of drug-likeness (QED) is 0.565. The van der Waals surface area contributed by atoms with Crippen LogP contribution in [0.25, 0.3) is 0 Å². The number of esters is 1. The number of carbonyl (C=O) groups is 1. The second kappa shape index (κ2) is 5.16. The number of carbonyl (C=O) groups excluding carboxylic acids is 1. The van der Waals surface area contributed by atoms with Crippen LogP contribution < -0.4 is 5.73 Å². The Morgan fingerprint density at radius 3 is 3.15 bits per heavy atom. The molecule has 0 bridgehead atoms. The van der Waals surface area contributed by atoms with Crippen LogP contribution in [0.15, 0.2) is 0 Å². The highest BCUT2D eigenvalue weighted by molar-refractivity contribution is 5.71. The Kier molecular flexibility index (Phi) is 4.14. The predicted molar refractivity (Wildman–Crippen MR) is 47.3 cm³/mol. The predicted octanol–water partition coefficient (Wildman–Crippen LogP) is -1.18. The topological polar surface area (TPSA) is 64.8 Å². The first-order valence-electron chi connectivity index (χ1n) is 4.37. The van der Waals surface area contributed by atoms with E-state index >= 15 is 0 Å². The average Bonchev–Trinajstić information content (AvgIpc) is 2.18. The fourth-order valence-corrected chi connectivity index (χ4v) is 1.31. The number of methoxy groups -OCH3 is 1. The summed E-state index contributed by atoms with van der Waals surface area (Å²) in [6, 6.07) is 0. The zero-order valence-electron chi connectivity index (χ0n) is 7.86. The summed E-state index contributed by atoms with van der Waals surface area (Å²) < 4.78 is 9.92. The van der Waals surface area contributed by atoms with E-state index < -0.39 is 0 Å². The minimum absolute atomic E-state index is 0.0541. The fourth-order valence-electron chi connectivity index (χ4n) is 1.31. The molecule has 0 aromatic heterocycles. The minimum atomic E-state index is -0.210. The third-order valence-corrected chi connectivity index (χ3v) is 2.07. The lowest BCUT2D eigenvalue weighted by atomic mass is 10.3. The van der Waals surface area contributed by atoms with Gasteiger partial charge in [0.2, 0.25) is 0 Å². The van der Waals surface area contributed by atoms with E-state index in [9.17, 15) is 4.79 Å². The van der Waals surface area contributed by atoms with Gasteiger partial charge in [0.15, 0.2) is 0 Å². The lowest BCUT2D eigenvalue weighted by Crippen LogP contribution is -2.47. The van der Waals surface area contributed by atoms with E-state index in [0.29, 0.717) is 26.2 Å². The van der Waals surface area contributed by atoms with Crippen molar-refractivity contribution >= 4 is 5.97 Å². The van der Waals surface area contributed by atoms with Crippen LogP contribution in [0.3, 0.4) is 0 Å². The van der Waals surface area contributed by atoms with Gasteiger partial charge in [-0.15, -0.1) is 0 Å². The lowest BCUT2D eigenvalue weighted by molar-refractivity contribution is -0.143. The highest BCUT2D eigenvalue weighted by Crippen LogP contribution is 2.03. The third-order valence-electron chi connectivity index (χ3n) is 2.07. The first-order chi connectivity index (χ1) is 6.26. The van der Waals surface area contributed by atoms with Crippen LogP contribution in [0.4, 0.5) is 0 Å². The van der Waals surface area contributed by atoms with Crippen molar-refractivity contribution in [2.75, 3.05) is 39.9 Å². The van der Waals surface area contributed by atoms with E-state index in [2.05, 4.69) is 4.74 Å². The van der Waals surface area contributed by atoms with Crippen LogP contribution in [0.1, 0.15) is 0 Å². The van der Waals surface area contributed by atoms with Crippen LogP contribution in [-0.2, 0) is 14.3 Å². The van der Waals surface area contributed by atoms with Crippen LogP contribution >= 0.6 is 0 Å². The molecule has 0 aromatic rings. The highest BCUT2D eigenvalue weighted by atomic mass is 16.5. The molecule has 0 aliphatic carbocycles. The van der Waals surface area contributed by atoms with Crippen molar-refractivity contribution < 1.29 is 14.3 Å². The molecule has 0 radical (unpaired) electrons. The highest BCUT2D eigenvalue weighted by Gasteiger charge is 2.20. The summed E-state index contributed by atoms with van der Waals surface area (Å²) in [6.07, 6.45) is 0.0541. The van der Waals surface area contributed by atoms with E-state index in [-0.39, 0.29) is 12.1 Å². The number of hydrogen-bond donors (Lipinski definition) is 1. The van der Waals surface area contributed by atoms with Gasteiger partial charge in [0.25, 0.3) is 0 Å². The van der Waals surface area contributed by atoms with Gasteiger partial charge in [-0.3, -0.25) is 9.69 Å². The summed E-state index contributed by atoms with van der Waals surface area (Å²) in [4.78, 5) is 12.9. The molecule has 0 amide bonds. The lowest BCUT2D eigenvalue weighted by Gasteiger charge is -2.31. The molecule has 0 saturated carbocycles. The number of nitrogens with zero attached hydrogens (tertiary/aromatic N) is 1. The van der Waals surface area contributed by atoms with Crippen molar-refractivity contribution in [2.24, 2.45) is 5.73 Å². The van der Waals surface area contributed by atoms with Crippen molar-refractivity contribution in [1.82, 2.24) is 4.90 Å². The van der Waals surface area contributed by atoms with E-state index in [1.54, 1.807) is 0 Å². The minimum Gasteiger partial charge on any atom is -0.468 e. The van der Waals surface area contributed by atoms with E-state index in [1.807, 2.05) is 4.90 Å². The molecule has 2 N–H and O–H groups in total. The van der Waals surface area contributed by atoms with Crippen LogP contribution in [0, 0.1) is 0 Å². The van der Waals surface area contributed by atoms with Crippen molar-refractivity contribution in [3.8, 4) is 0 Å². The van der Waals surface area contributed by atoms with Gasteiger partial charge in [-0.05, 0) is 0 Å². The van der Waals surface area contributed by atoms with Gasteiger partial charge in [0.1, 0.15) is 0 Å². The normalized spacial score (nSPS) is 24.3. The fraction of sp³-hybridized carbons (Fsp3) is 0.875. The van der Waals surface area contributed by atoms with Gasteiger partial charge in [-0.1, -0.05) is 0 Å². The number of hydrogen-bond acceptors (Lipinski definition) is 5. The number of rotatable bonds is 3. The molecule has 1 aliphatic rings. The maximum atomic E-state index is 10.9. The summed E-state index contributed by atoms with van der Waals surface area (Å²) in [6.45, 7) is 2.95. The maximum Gasteiger partial charge on any atom is 0.319 e. The van der Waals surface area contributed by atoms with Crippen molar-refractivity contribution in [1.29, 1.82) is 0 Å². The molecule has 1 rings (SSSR count). The first kappa shape index (κ1) is 10.4. The second-order valence-electron chi connectivity index (χ2n) is 3.04. The zero-order chi connectivity index (χ0) is 9.68. The maximum absolute atomic E-state index is 10.9. The molecule has 1 heterocycles. The summed E-state index contributed by atoms with van der Waals surface area (Å²) >= 11 is 0. The van der Waals surface area contributed by atoms with Gasteiger partial charge in [-0.25, -0.2) is 0 Å². The molecular formula is C8H16N2O3. The largest absolute Gasteiger partial charge is 0.468 e.